The van der Waals surface area contributed by atoms with Crippen LogP contribution in [0.4, 0.5) is 0 Å². The van der Waals surface area contributed by atoms with Gasteiger partial charge in [-0.25, -0.2) is 0 Å². The summed E-state index contributed by atoms with van der Waals surface area (Å²) in [6, 6.07) is 20.0. The van der Waals surface area contributed by atoms with Crippen LogP contribution in [0.2, 0.25) is 0 Å². The van der Waals surface area contributed by atoms with E-state index in [0.717, 1.165) is 12.8 Å². The van der Waals surface area contributed by atoms with Crippen LogP contribution in [-0.2, 0) is 15.6 Å². The van der Waals surface area contributed by atoms with E-state index in [1.54, 1.807) is 0 Å². The number of ether oxygens (including phenoxy) is 1. The average Bonchev–Trinajstić information content (AvgIpc) is 2.73. The van der Waals surface area contributed by atoms with Gasteiger partial charge in [0.2, 0.25) is 0 Å². The van der Waals surface area contributed by atoms with Crippen LogP contribution in [0.15, 0.2) is 48.5 Å². The second-order valence-corrected chi connectivity index (χ2v) is 7.70. The third-order valence-electron chi connectivity index (χ3n) is 5.82. The molecule has 0 spiro atoms. The van der Waals surface area contributed by atoms with Crippen molar-refractivity contribution in [3.8, 4) is 12.1 Å². The molecule has 0 heterocycles. The molecule has 0 aliphatic carbocycles. The third kappa shape index (κ3) is 4.76. The summed E-state index contributed by atoms with van der Waals surface area (Å²) < 4.78 is 6.24. The highest BCUT2D eigenvalue weighted by Gasteiger charge is 2.29. The monoisotopic (exact) mass is 360 g/mol. The van der Waals surface area contributed by atoms with E-state index in [4.69, 9.17) is 15.3 Å². The quantitative estimate of drug-likeness (QED) is 0.626. The van der Waals surface area contributed by atoms with Crippen LogP contribution >= 0.6 is 0 Å². The number of hydrogen-bond acceptors (Lipinski definition) is 3. The summed E-state index contributed by atoms with van der Waals surface area (Å²) in [5.41, 5.74) is 3.57. The fraction of sp³-hybridized carbons (Fsp3) is 0.417. The molecule has 0 amide bonds. The SMILES string of the molecule is CCC(C)(COCC(C)(CC)c1ccc(C#N)cc1)c1ccc(C#N)cc1. The zero-order valence-corrected chi connectivity index (χ0v) is 16.7. The molecule has 2 rings (SSSR count). The molecule has 140 valence electrons. The number of rotatable bonds is 8. The molecule has 27 heavy (non-hydrogen) atoms. The van der Waals surface area contributed by atoms with Crippen molar-refractivity contribution in [1.29, 1.82) is 10.5 Å². The van der Waals surface area contributed by atoms with Crippen LogP contribution in [0.5, 0.6) is 0 Å². The molecule has 2 aromatic carbocycles. The van der Waals surface area contributed by atoms with E-state index >= 15 is 0 Å². The summed E-state index contributed by atoms with van der Waals surface area (Å²) in [7, 11) is 0. The van der Waals surface area contributed by atoms with E-state index in [9.17, 15) is 0 Å². The minimum absolute atomic E-state index is 0.0900. The van der Waals surface area contributed by atoms with Crippen molar-refractivity contribution < 1.29 is 4.74 Å². The molecular formula is C24H28N2O. The molecular weight excluding hydrogens is 332 g/mol. The van der Waals surface area contributed by atoms with Gasteiger partial charge in [-0.05, 0) is 48.2 Å². The third-order valence-corrected chi connectivity index (χ3v) is 5.82. The minimum atomic E-state index is -0.0900. The summed E-state index contributed by atoms with van der Waals surface area (Å²) >= 11 is 0. The smallest absolute Gasteiger partial charge is 0.0991 e. The number of nitriles is 2. The van der Waals surface area contributed by atoms with Crippen LogP contribution in [-0.4, -0.2) is 13.2 Å². The van der Waals surface area contributed by atoms with Gasteiger partial charge in [-0.15, -0.1) is 0 Å². The van der Waals surface area contributed by atoms with E-state index in [-0.39, 0.29) is 10.8 Å². The van der Waals surface area contributed by atoms with Gasteiger partial charge in [-0.3, -0.25) is 0 Å². The van der Waals surface area contributed by atoms with E-state index in [1.165, 1.54) is 11.1 Å². The van der Waals surface area contributed by atoms with Crippen molar-refractivity contribution in [2.24, 2.45) is 0 Å². The Morgan fingerprint density at radius 1 is 0.704 bits per heavy atom. The zero-order chi connectivity index (χ0) is 19.9. The molecule has 0 N–H and O–H groups in total. The Hall–Kier alpha value is -2.62. The van der Waals surface area contributed by atoms with Crippen molar-refractivity contribution >= 4 is 0 Å². The summed E-state index contributed by atoms with van der Waals surface area (Å²) in [6.45, 7) is 10.0. The second kappa shape index (κ2) is 8.85. The van der Waals surface area contributed by atoms with E-state index in [2.05, 4.69) is 39.8 Å². The lowest BCUT2D eigenvalue weighted by Gasteiger charge is -2.33. The molecule has 0 fully saturated rings. The van der Waals surface area contributed by atoms with Gasteiger partial charge in [0.15, 0.2) is 0 Å². The van der Waals surface area contributed by atoms with Crippen molar-refractivity contribution in [3.05, 3.63) is 70.8 Å². The molecule has 0 bridgehead atoms. The number of nitrogens with zero attached hydrogens (tertiary/aromatic N) is 2. The number of hydrogen-bond donors (Lipinski definition) is 0. The fourth-order valence-corrected chi connectivity index (χ4v) is 3.17. The lowest BCUT2D eigenvalue weighted by molar-refractivity contribution is 0.0510. The van der Waals surface area contributed by atoms with Gasteiger partial charge >= 0.3 is 0 Å². The zero-order valence-electron chi connectivity index (χ0n) is 16.7. The molecule has 2 unspecified atom stereocenters. The summed E-state index contributed by atoms with van der Waals surface area (Å²) in [5.74, 6) is 0. The second-order valence-electron chi connectivity index (χ2n) is 7.70. The molecule has 3 heteroatoms. The van der Waals surface area contributed by atoms with Crippen LogP contribution in [0, 0.1) is 22.7 Å². The summed E-state index contributed by atoms with van der Waals surface area (Å²) in [4.78, 5) is 0. The lowest BCUT2D eigenvalue weighted by atomic mass is 9.79. The molecule has 0 saturated heterocycles. The van der Waals surface area contributed by atoms with Gasteiger partial charge < -0.3 is 4.74 Å². The highest BCUT2D eigenvalue weighted by atomic mass is 16.5. The molecule has 2 atom stereocenters. The fourth-order valence-electron chi connectivity index (χ4n) is 3.17. The Kier molecular flexibility index (Phi) is 6.78. The van der Waals surface area contributed by atoms with Gasteiger partial charge in [-0.1, -0.05) is 52.0 Å². The Bertz CT molecular complexity index is 755. The Balaban J connectivity index is 2.10. The Labute approximate surface area is 163 Å². The van der Waals surface area contributed by atoms with Gasteiger partial charge in [0.25, 0.3) is 0 Å². The first-order valence-electron chi connectivity index (χ1n) is 9.50. The van der Waals surface area contributed by atoms with Crippen molar-refractivity contribution in [2.75, 3.05) is 13.2 Å². The lowest BCUT2D eigenvalue weighted by Crippen LogP contribution is -2.33. The maximum atomic E-state index is 9.00. The molecule has 2 aromatic rings. The van der Waals surface area contributed by atoms with Crippen molar-refractivity contribution in [1.82, 2.24) is 0 Å². The van der Waals surface area contributed by atoms with E-state index < -0.39 is 0 Å². The predicted octanol–water partition coefficient (Wildman–Crippen LogP) is 5.48. The van der Waals surface area contributed by atoms with E-state index in [1.807, 2.05) is 48.5 Å². The Morgan fingerprint density at radius 2 is 1.04 bits per heavy atom. The van der Waals surface area contributed by atoms with Gasteiger partial charge in [0, 0.05) is 10.8 Å². The van der Waals surface area contributed by atoms with Crippen LogP contribution in [0.25, 0.3) is 0 Å². The standard InChI is InChI=1S/C24H28N2O/c1-5-23(3,21-11-7-19(15-25)8-12-21)17-27-18-24(4,6-2)22-13-9-20(16-26)10-14-22/h7-14H,5-6,17-18H2,1-4H3. The van der Waals surface area contributed by atoms with Crippen LogP contribution in [0.1, 0.15) is 62.8 Å². The van der Waals surface area contributed by atoms with Crippen LogP contribution < -0.4 is 0 Å². The maximum Gasteiger partial charge on any atom is 0.0991 e. The average molecular weight is 361 g/mol. The van der Waals surface area contributed by atoms with Gasteiger partial charge in [0.1, 0.15) is 0 Å². The maximum absolute atomic E-state index is 9.00. The van der Waals surface area contributed by atoms with Crippen molar-refractivity contribution in [3.63, 3.8) is 0 Å². The van der Waals surface area contributed by atoms with Gasteiger partial charge in [0.05, 0.1) is 36.5 Å². The first-order valence-corrected chi connectivity index (χ1v) is 9.50. The normalized spacial score (nSPS) is 15.2. The molecule has 0 saturated carbocycles. The largest absolute Gasteiger partial charge is 0.380 e. The highest BCUT2D eigenvalue weighted by molar-refractivity contribution is 5.36. The highest BCUT2D eigenvalue weighted by Crippen LogP contribution is 2.32. The minimum Gasteiger partial charge on any atom is -0.380 e. The first-order chi connectivity index (χ1) is 12.9. The molecule has 0 aliphatic rings. The summed E-state index contributed by atoms with van der Waals surface area (Å²) in [6.07, 6.45) is 1.91. The van der Waals surface area contributed by atoms with Crippen molar-refractivity contribution in [2.45, 2.75) is 51.4 Å². The molecule has 0 aromatic heterocycles. The Morgan fingerprint density at radius 3 is 1.30 bits per heavy atom. The first kappa shape index (κ1) is 20.7. The van der Waals surface area contributed by atoms with Crippen LogP contribution in [0.3, 0.4) is 0 Å². The summed E-state index contributed by atoms with van der Waals surface area (Å²) in [5, 5.41) is 18.0. The predicted molar refractivity (Wildman–Crippen MR) is 108 cm³/mol. The topological polar surface area (TPSA) is 56.8 Å². The molecule has 3 nitrogen and oxygen atoms in total. The number of benzene rings is 2. The van der Waals surface area contributed by atoms with E-state index in [0.29, 0.717) is 24.3 Å². The molecule has 0 radical (unpaired) electrons. The molecule has 0 aliphatic heterocycles. The van der Waals surface area contributed by atoms with Gasteiger partial charge in [-0.2, -0.15) is 10.5 Å².